The maximum absolute atomic E-state index is 12.8. The molecule has 3 N–H and O–H groups in total. The first-order chi connectivity index (χ1) is 13.9. The van der Waals surface area contributed by atoms with Crippen LogP contribution < -0.4 is 20.5 Å². The number of ether oxygens (including phenoxy) is 2. The van der Waals surface area contributed by atoms with Crippen molar-refractivity contribution in [2.45, 2.75) is 57.7 Å². The number of halogens is 2. The van der Waals surface area contributed by atoms with E-state index in [1.807, 2.05) is 44.2 Å². The minimum atomic E-state index is -0.440. The fourth-order valence-electron chi connectivity index (χ4n) is 3.90. The van der Waals surface area contributed by atoms with Crippen molar-refractivity contribution in [3.8, 4) is 11.5 Å². The van der Waals surface area contributed by atoms with Crippen molar-refractivity contribution in [1.29, 1.82) is 0 Å². The molecule has 31 heavy (non-hydrogen) atoms. The van der Waals surface area contributed by atoms with E-state index in [2.05, 4.69) is 10.3 Å². The van der Waals surface area contributed by atoms with Gasteiger partial charge in [0.15, 0.2) is 11.5 Å². The van der Waals surface area contributed by atoms with Crippen LogP contribution in [0.5, 0.6) is 11.5 Å². The lowest BCUT2D eigenvalue weighted by molar-refractivity contribution is -0.128. The minimum absolute atomic E-state index is 0. The van der Waals surface area contributed by atoms with Crippen molar-refractivity contribution < 1.29 is 14.3 Å². The highest BCUT2D eigenvalue weighted by molar-refractivity contribution is 5.85. The van der Waals surface area contributed by atoms with Crippen molar-refractivity contribution in [2.24, 2.45) is 11.7 Å². The lowest BCUT2D eigenvalue weighted by Gasteiger charge is -2.37. The number of rotatable bonds is 7. The summed E-state index contributed by atoms with van der Waals surface area (Å²) >= 11 is 0. The molecule has 1 fully saturated rings. The first kappa shape index (κ1) is 27.0. The van der Waals surface area contributed by atoms with Gasteiger partial charge in [-0.1, -0.05) is 18.9 Å². The van der Waals surface area contributed by atoms with Gasteiger partial charge in [-0.05, 0) is 62.1 Å². The molecule has 0 radical (unpaired) electrons. The number of carbonyl (C=O) groups excluding carboxylic acids is 1. The monoisotopic (exact) mass is 469 g/mol. The summed E-state index contributed by atoms with van der Waals surface area (Å²) in [5.41, 5.74) is 7.93. The average Bonchev–Trinajstić information content (AvgIpc) is 2.72. The third-order valence-corrected chi connectivity index (χ3v) is 5.76. The van der Waals surface area contributed by atoms with Gasteiger partial charge in [-0.2, -0.15) is 0 Å². The van der Waals surface area contributed by atoms with Gasteiger partial charge in [0.05, 0.1) is 19.1 Å². The maximum Gasteiger partial charge on any atom is 0.225 e. The van der Waals surface area contributed by atoms with Crippen molar-refractivity contribution >= 4 is 30.7 Å². The third-order valence-electron chi connectivity index (χ3n) is 5.76. The Morgan fingerprint density at radius 2 is 1.94 bits per heavy atom. The van der Waals surface area contributed by atoms with Crippen molar-refractivity contribution in [3.63, 3.8) is 0 Å². The van der Waals surface area contributed by atoms with E-state index >= 15 is 0 Å². The molecule has 1 aliphatic carbocycles. The Labute approximate surface area is 197 Å². The van der Waals surface area contributed by atoms with Gasteiger partial charge >= 0.3 is 0 Å². The predicted octanol–water partition coefficient (Wildman–Crippen LogP) is 4.60. The Bertz CT molecular complexity index is 834. The van der Waals surface area contributed by atoms with Crippen LogP contribution in [-0.4, -0.2) is 23.5 Å². The molecule has 6 nitrogen and oxygen atoms in total. The molecular weight excluding hydrogens is 437 g/mol. The highest BCUT2D eigenvalue weighted by Gasteiger charge is 2.38. The van der Waals surface area contributed by atoms with E-state index in [0.29, 0.717) is 18.1 Å². The minimum Gasteiger partial charge on any atom is -0.493 e. The number of pyridine rings is 1. The fraction of sp³-hybridized carbons (Fsp3) is 0.478. The zero-order chi connectivity index (χ0) is 20.9. The summed E-state index contributed by atoms with van der Waals surface area (Å²) in [5.74, 6) is 1.18. The first-order valence-corrected chi connectivity index (χ1v) is 10.2. The van der Waals surface area contributed by atoms with Crippen molar-refractivity contribution in [1.82, 2.24) is 10.3 Å². The number of nitrogens with two attached hydrogens (primary N) is 1. The standard InChI is InChI=1S/C23H31N3O3.2ClH/c1-16(26-22(27)19-6-4-5-11-23(19,2)24)18-7-8-20(21(14-18)28-3)29-15-17-9-12-25-13-10-17;;/h7-10,12-14,16,19H,4-6,11,15,24H2,1-3H3,(H,26,27);2*1H. The number of carbonyl (C=O) groups is 1. The first-order valence-electron chi connectivity index (χ1n) is 10.2. The van der Waals surface area contributed by atoms with Gasteiger partial charge in [-0.15, -0.1) is 24.8 Å². The molecule has 8 heteroatoms. The van der Waals surface area contributed by atoms with Crippen LogP contribution in [0.1, 0.15) is 56.7 Å². The highest BCUT2D eigenvalue weighted by atomic mass is 35.5. The van der Waals surface area contributed by atoms with Crippen LogP contribution in [0.3, 0.4) is 0 Å². The third kappa shape index (κ3) is 6.99. The molecule has 1 heterocycles. The van der Waals surface area contributed by atoms with Crippen molar-refractivity contribution in [3.05, 3.63) is 53.9 Å². The summed E-state index contributed by atoms with van der Waals surface area (Å²) in [7, 11) is 1.61. The number of hydrogen-bond donors (Lipinski definition) is 2. The molecular formula is C23H33Cl2N3O3. The Morgan fingerprint density at radius 1 is 1.23 bits per heavy atom. The van der Waals surface area contributed by atoms with Crippen LogP contribution in [0.15, 0.2) is 42.7 Å². The summed E-state index contributed by atoms with van der Waals surface area (Å²) in [6.07, 6.45) is 7.35. The number of amides is 1. The number of aromatic nitrogens is 1. The van der Waals surface area contributed by atoms with Crippen molar-refractivity contribution in [2.75, 3.05) is 7.11 Å². The molecule has 1 aromatic carbocycles. The number of nitrogens with one attached hydrogen (secondary N) is 1. The molecule has 0 bridgehead atoms. The van der Waals surface area contributed by atoms with Gasteiger partial charge in [0.2, 0.25) is 5.91 Å². The molecule has 1 aliphatic rings. The lowest BCUT2D eigenvalue weighted by Crippen LogP contribution is -2.53. The van der Waals surface area contributed by atoms with E-state index in [1.54, 1.807) is 19.5 Å². The number of benzene rings is 1. The fourth-order valence-corrected chi connectivity index (χ4v) is 3.90. The van der Waals surface area contributed by atoms with Gasteiger partial charge in [-0.25, -0.2) is 0 Å². The number of nitrogens with zero attached hydrogens (tertiary/aromatic N) is 1. The second-order valence-corrected chi connectivity index (χ2v) is 8.09. The summed E-state index contributed by atoms with van der Waals surface area (Å²) in [5, 5.41) is 3.13. The second-order valence-electron chi connectivity index (χ2n) is 8.09. The zero-order valence-corrected chi connectivity index (χ0v) is 19.9. The normalized spacial score (nSPS) is 21.1. The van der Waals surface area contributed by atoms with E-state index in [4.69, 9.17) is 15.2 Å². The maximum atomic E-state index is 12.8. The van der Waals surface area contributed by atoms with Crippen LogP contribution in [0, 0.1) is 5.92 Å². The highest BCUT2D eigenvalue weighted by Crippen LogP contribution is 2.34. The molecule has 3 rings (SSSR count). The van der Waals surface area contributed by atoms with Gasteiger partial charge in [0, 0.05) is 17.9 Å². The molecule has 1 aromatic heterocycles. The van der Waals surface area contributed by atoms with E-state index in [0.717, 1.165) is 36.8 Å². The Balaban J connectivity index is 0.00000240. The Morgan fingerprint density at radius 3 is 2.58 bits per heavy atom. The second kappa shape index (κ2) is 12.1. The van der Waals surface area contributed by atoms with Crippen LogP contribution in [0.4, 0.5) is 0 Å². The SMILES string of the molecule is COc1cc(C(C)NC(=O)C2CCCCC2(C)N)ccc1OCc1ccncc1.Cl.Cl. The smallest absolute Gasteiger partial charge is 0.225 e. The average molecular weight is 470 g/mol. The quantitative estimate of drug-likeness (QED) is 0.618. The predicted molar refractivity (Wildman–Crippen MR) is 127 cm³/mol. The van der Waals surface area contributed by atoms with Crippen LogP contribution in [-0.2, 0) is 11.4 Å². The molecule has 2 aromatic rings. The molecule has 0 spiro atoms. The van der Waals surface area contributed by atoms with E-state index in [-0.39, 0.29) is 42.7 Å². The zero-order valence-electron chi connectivity index (χ0n) is 18.3. The molecule has 3 unspecified atom stereocenters. The summed E-state index contributed by atoms with van der Waals surface area (Å²) < 4.78 is 11.4. The summed E-state index contributed by atoms with van der Waals surface area (Å²) in [6.45, 7) is 4.39. The van der Waals surface area contributed by atoms with Crippen LogP contribution in [0.2, 0.25) is 0 Å². The van der Waals surface area contributed by atoms with Crippen LogP contribution in [0.25, 0.3) is 0 Å². The van der Waals surface area contributed by atoms with E-state index in [9.17, 15) is 4.79 Å². The Kier molecular flexibility index (Phi) is 10.6. The van der Waals surface area contributed by atoms with Gasteiger partial charge in [0.25, 0.3) is 0 Å². The molecule has 1 amide bonds. The van der Waals surface area contributed by atoms with Gasteiger partial charge in [0.1, 0.15) is 6.61 Å². The lowest BCUT2D eigenvalue weighted by atomic mass is 9.74. The largest absolute Gasteiger partial charge is 0.493 e. The van der Waals surface area contributed by atoms with E-state index in [1.165, 1.54) is 0 Å². The van der Waals surface area contributed by atoms with Gasteiger partial charge < -0.3 is 20.5 Å². The molecule has 1 saturated carbocycles. The van der Waals surface area contributed by atoms with E-state index < -0.39 is 5.54 Å². The topological polar surface area (TPSA) is 86.5 Å². The summed E-state index contributed by atoms with van der Waals surface area (Å²) in [6, 6.07) is 9.42. The molecule has 3 atom stereocenters. The summed E-state index contributed by atoms with van der Waals surface area (Å²) in [4.78, 5) is 16.8. The molecule has 0 saturated heterocycles. The number of methoxy groups -OCH3 is 1. The molecule has 172 valence electrons. The number of hydrogen-bond acceptors (Lipinski definition) is 5. The Hall–Kier alpha value is -2.02. The molecule has 0 aliphatic heterocycles. The van der Waals surface area contributed by atoms with Gasteiger partial charge in [-0.3, -0.25) is 9.78 Å². The van der Waals surface area contributed by atoms with Crippen LogP contribution >= 0.6 is 24.8 Å².